The molecule has 3 nitrogen and oxygen atoms in total. The number of aliphatic hydroxyl groups excluding tert-OH is 1. The normalized spacial score (nSPS) is 12.6. The first-order chi connectivity index (χ1) is 6.60. The van der Waals surface area contributed by atoms with E-state index in [4.69, 9.17) is 9.84 Å². The summed E-state index contributed by atoms with van der Waals surface area (Å²) in [6.45, 7) is 3.88. The third-order valence-corrected chi connectivity index (χ3v) is 2.32. The summed E-state index contributed by atoms with van der Waals surface area (Å²) in [5, 5.41) is 18.4. The van der Waals surface area contributed by atoms with Crippen LogP contribution in [0.1, 0.15) is 24.0 Å². The number of aliphatic hydroxyl groups is 1. The summed E-state index contributed by atoms with van der Waals surface area (Å²) in [4.78, 5) is 0. The fourth-order valence-electron chi connectivity index (χ4n) is 1.64. The Bertz CT molecular complexity index is 321. The van der Waals surface area contributed by atoms with Gasteiger partial charge in [-0.05, 0) is 18.6 Å². The van der Waals surface area contributed by atoms with Gasteiger partial charge in [-0.25, -0.2) is 0 Å². The van der Waals surface area contributed by atoms with E-state index in [1.54, 1.807) is 19.2 Å². The maximum atomic E-state index is 9.36. The van der Waals surface area contributed by atoms with Crippen LogP contribution in [0.15, 0.2) is 12.1 Å². The number of rotatable bonds is 3. The van der Waals surface area contributed by atoms with Gasteiger partial charge in [0.15, 0.2) is 0 Å². The molecule has 0 radical (unpaired) electrons. The molecule has 1 rings (SSSR count). The first kappa shape index (κ1) is 10.9. The molecule has 1 aromatic carbocycles. The van der Waals surface area contributed by atoms with Crippen LogP contribution < -0.4 is 4.74 Å². The summed E-state index contributed by atoms with van der Waals surface area (Å²) in [6.07, 6.45) is 0. The summed E-state index contributed by atoms with van der Waals surface area (Å²) in [5.74, 6) is 0.836. The Morgan fingerprint density at radius 2 is 2.07 bits per heavy atom. The minimum atomic E-state index is 0.0190. The first-order valence-corrected chi connectivity index (χ1v) is 4.58. The Morgan fingerprint density at radius 1 is 1.43 bits per heavy atom. The molecule has 1 atom stereocenters. The van der Waals surface area contributed by atoms with Crippen LogP contribution in [0.4, 0.5) is 0 Å². The predicted octanol–water partition coefficient (Wildman–Crippen LogP) is 1.81. The van der Waals surface area contributed by atoms with Gasteiger partial charge in [-0.2, -0.15) is 0 Å². The highest BCUT2D eigenvalue weighted by molar-refractivity contribution is 5.47. The van der Waals surface area contributed by atoms with Crippen molar-refractivity contribution in [3.05, 3.63) is 23.3 Å². The van der Waals surface area contributed by atoms with Gasteiger partial charge in [0.25, 0.3) is 0 Å². The topological polar surface area (TPSA) is 49.7 Å². The first-order valence-electron chi connectivity index (χ1n) is 4.58. The molecule has 0 aliphatic carbocycles. The van der Waals surface area contributed by atoms with Crippen LogP contribution in [0.3, 0.4) is 0 Å². The molecule has 0 saturated carbocycles. The van der Waals surface area contributed by atoms with Gasteiger partial charge in [0.2, 0.25) is 0 Å². The zero-order chi connectivity index (χ0) is 10.7. The predicted molar refractivity (Wildman–Crippen MR) is 54.9 cm³/mol. The number of aryl methyl sites for hydroxylation is 1. The molecule has 0 bridgehead atoms. The molecule has 0 aliphatic rings. The molecule has 14 heavy (non-hydrogen) atoms. The second-order valence-electron chi connectivity index (χ2n) is 3.46. The molecule has 2 N–H and O–H groups in total. The number of benzene rings is 1. The van der Waals surface area contributed by atoms with E-state index in [0.717, 1.165) is 11.1 Å². The quantitative estimate of drug-likeness (QED) is 0.775. The number of hydrogen-bond donors (Lipinski definition) is 2. The Labute approximate surface area is 84.0 Å². The van der Waals surface area contributed by atoms with Crippen molar-refractivity contribution in [2.75, 3.05) is 13.7 Å². The number of methoxy groups -OCH3 is 1. The van der Waals surface area contributed by atoms with Crippen LogP contribution >= 0.6 is 0 Å². The fraction of sp³-hybridized carbons (Fsp3) is 0.455. The lowest BCUT2D eigenvalue weighted by Gasteiger charge is -2.16. The van der Waals surface area contributed by atoms with E-state index >= 15 is 0 Å². The largest absolute Gasteiger partial charge is 0.508 e. The van der Waals surface area contributed by atoms with E-state index in [1.807, 2.05) is 13.8 Å². The lowest BCUT2D eigenvalue weighted by atomic mass is 9.96. The number of phenols is 1. The van der Waals surface area contributed by atoms with Crippen molar-refractivity contribution < 1.29 is 14.9 Å². The van der Waals surface area contributed by atoms with Crippen molar-refractivity contribution in [2.24, 2.45) is 0 Å². The SMILES string of the molecule is COc1cc(O)cc(C)c1C(C)CO. The van der Waals surface area contributed by atoms with Crippen LogP contribution in [0, 0.1) is 6.92 Å². The number of phenolic OH excluding ortho intramolecular Hbond substituents is 1. The molecule has 0 saturated heterocycles. The molecular weight excluding hydrogens is 180 g/mol. The van der Waals surface area contributed by atoms with E-state index in [1.165, 1.54) is 0 Å². The average Bonchev–Trinajstić information content (AvgIpc) is 2.15. The van der Waals surface area contributed by atoms with Crippen molar-refractivity contribution in [1.82, 2.24) is 0 Å². The van der Waals surface area contributed by atoms with Crippen molar-refractivity contribution in [3.8, 4) is 11.5 Å². The molecule has 1 aromatic rings. The lowest BCUT2D eigenvalue weighted by molar-refractivity contribution is 0.269. The van der Waals surface area contributed by atoms with Gasteiger partial charge in [-0.1, -0.05) is 6.92 Å². The minimum absolute atomic E-state index is 0.0190. The molecule has 78 valence electrons. The maximum Gasteiger partial charge on any atom is 0.126 e. The van der Waals surface area contributed by atoms with Gasteiger partial charge < -0.3 is 14.9 Å². The smallest absolute Gasteiger partial charge is 0.126 e. The number of hydrogen-bond acceptors (Lipinski definition) is 3. The van der Waals surface area contributed by atoms with E-state index in [2.05, 4.69) is 0 Å². The van der Waals surface area contributed by atoms with Gasteiger partial charge in [0.1, 0.15) is 11.5 Å². The van der Waals surface area contributed by atoms with Gasteiger partial charge in [0.05, 0.1) is 7.11 Å². The maximum absolute atomic E-state index is 9.36. The van der Waals surface area contributed by atoms with Crippen LogP contribution in [0.25, 0.3) is 0 Å². The minimum Gasteiger partial charge on any atom is -0.508 e. The van der Waals surface area contributed by atoms with Crippen molar-refractivity contribution >= 4 is 0 Å². The van der Waals surface area contributed by atoms with Gasteiger partial charge in [-0.3, -0.25) is 0 Å². The molecule has 0 heterocycles. The van der Waals surface area contributed by atoms with Crippen molar-refractivity contribution in [3.63, 3.8) is 0 Å². The van der Waals surface area contributed by atoms with Crippen molar-refractivity contribution in [2.45, 2.75) is 19.8 Å². The fourth-order valence-corrected chi connectivity index (χ4v) is 1.64. The Balaban J connectivity index is 3.24. The standard InChI is InChI=1S/C11H16O3/c1-7-4-9(13)5-10(14-3)11(7)8(2)6-12/h4-5,8,12-13H,6H2,1-3H3. The third kappa shape index (κ3) is 1.99. The Kier molecular flexibility index (Phi) is 3.36. The number of aromatic hydroxyl groups is 1. The molecule has 0 amide bonds. The third-order valence-electron chi connectivity index (χ3n) is 2.32. The molecule has 0 fully saturated rings. The highest BCUT2D eigenvalue weighted by Gasteiger charge is 2.14. The monoisotopic (exact) mass is 196 g/mol. The average molecular weight is 196 g/mol. The zero-order valence-corrected chi connectivity index (χ0v) is 8.74. The second kappa shape index (κ2) is 4.33. The van der Waals surface area contributed by atoms with Gasteiger partial charge in [0, 0.05) is 24.2 Å². The van der Waals surface area contributed by atoms with E-state index in [0.29, 0.717) is 5.75 Å². The lowest BCUT2D eigenvalue weighted by Crippen LogP contribution is -2.04. The van der Waals surface area contributed by atoms with Gasteiger partial charge in [-0.15, -0.1) is 0 Å². The Hall–Kier alpha value is -1.22. The summed E-state index contributed by atoms with van der Waals surface area (Å²) in [7, 11) is 1.56. The zero-order valence-electron chi connectivity index (χ0n) is 8.74. The van der Waals surface area contributed by atoms with Crippen LogP contribution in [-0.4, -0.2) is 23.9 Å². The summed E-state index contributed by atoms with van der Waals surface area (Å²) < 4.78 is 5.16. The highest BCUT2D eigenvalue weighted by atomic mass is 16.5. The van der Waals surface area contributed by atoms with Crippen LogP contribution in [0.5, 0.6) is 11.5 Å². The molecular formula is C11H16O3. The summed E-state index contributed by atoms with van der Waals surface area (Å²) in [6, 6.07) is 3.23. The highest BCUT2D eigenvalue weighted by Crippen LogP contribution is 2.33. The summed E-state index contributed by atoms with van der Waals surface area (Å²) in [5.41, 5.74) is 1.89. The van der Waals surface area contributed by atoms with Crippen LogP contribution in [0.2, 0.25) is 0 Å². The molecule has 3 heteroatoms. The number of ether oxygens (including phenoxy) is 1. The van der Waals surface area contributed by atoms with Crippen molar-refractivity contribution in [1.29, 1.82) is 0 Å². The molecule has 1 unspecified atom stereocenters. The molecule has 0 spiro atoms. The summed E-state index contributed by atoms with van der Waals surface area (Å²) >= 11 is 0. The van der Waals surface area contributed by atoms with E-state index < -0.39 is 0 Å². The Morgan fingerprint density at radius 3 is 2.57 bits per heavy atom. The van der Waals surface area contributed by atoms with E-state index in [9.17, 15) is 5.11 Å². The second-order valence-corrected chi connectivity index (χ2v) is 3.46. The molecule has 0 aliphatic heterocycles. The van der Waals surface area contributed by atoms with Crippen LogP contribution in [-0.2, 0) is 0 Å². The van der Waals surface area contributed by atoms with Gasteiger partial charge >= 0.3 is 0 Å². The molecule has 0 aromatic heterocycles. The van der Waals surface area contributed by atoms with E-state index in [-0.39, 0.29) is 18.3 Å².